The maximum atomic E-state index is 13.1. The molecule has 3 aliphatic heterocycles. The summed E-state index contributed by atoms with van der Waals surface area (Å²) in [7, 11) is 1.39. The molecule has 23 heavy (non-hydrogen) atoms. The smallest absolute Gasteiger partial charge is 0.410 e. The summed E-state index contributed by atoms with van der Waals surface area (Å²) in [6.45, 7) is 3.86. The Balaban J connectivity index is 1.69. The summed E-state index contributed by atoms with van der Waals surface area (Å²) >= 11 is 0. The van der Waals surface area contributed by atoms with Gasteiger partial charge in [-0.2, -0.15) is 0 Å². The van der Waals surface area contributed by atoms with E-state index in [1.807, 2.05) is 4.90 Å². The molecule has 3 aliphatic rings. The van der Waals surface area contributed by atoms with Crippen LogP contribution in [0.2, 0.25) is 0 Å². The second kappa shape index (κ2) is 7.07. The van der Waals surface area contributed by atoms with E-state index in [4.69, 9.17) is 9.47 Å². The predicted octanol–water partition coefficient (Wildman–Crippen LogP) is 2.03. The lowest BCUT2D eigenvalue weighted by atomic mass is 9.73. The molecule has 1 atom stereocenters. The van der Waals surface area contributed by atoms with Crippen LogP contribution in [0.15, 0.2) is 0 Å². The second-order valence-corrected chi connectivity index (χ2v) is 7.15. The standard InChI is InChI=1S/C17H28N2O4/c1-22-16(21)19-10-3-2-5-14(19)15(20)18-9-4-6-17(13-18)7-11-23-12-8-17/h14H,2-13H2,1H3/t14-/m1/s1. The number of hydrogen-bond donors (Lipinski definition) is 0. The summed E-state index contributed by atoms with van der Waals surface area (Å²) in [5.74, 6) is 0.112. The van der Waals surface area contributed by atoms with Crippen LogP contribution in [-0.4, -0.2) is 67.8 Å². The summed E-state index contributed by atoms with van der Waals surface area (Å²) in [5, 5.41) is 0. The highest BCUT2D eigenvalue weighted by atomic mass is 16.5. The van der Waals surface area contributed by atoms with Crippen LogP contribution in [0, 0.1) is 5.41 Å². The van der Waals surface area contributed by atoms with Gasteiger partial charge < -0.3 is 14.4 Å². The Bertz CT molecular complexity index is 442. The number of hydrogen-bond acceptors (Lipinski definition) is 4. The Hall–Kier alpha value is -1.30. The van der Waals surface area contributed by atoms with Crippen molar-refractivity contribution >= 4 is 12.0 Å². The zero-order valence-electron chi connectivity index (χ0n) is 14.1. The van der Waals surface area contributed by atoms with Crippen LogP contribution < -0.4 is 0 Å². The van der Waals surface area contributed by atoms with Gasteiger partial charge >= 0.3 is 6.09 Å². The molecule has 3 fully saturated rings. The average molecular weight is 324 g/mol. The zero-order valence-corrected chi connectivity index (χ0v) is 14.1. The van der Waals surface area contributed by atoms with Crippen LogP contribution in [0.3, 0.4) is 0 Å². The molecule has 2 amide bonds. The summed E-state index contributed by atoms with van der Waals surface area (Å²) in [6, 6.07) is -0.341. The van der Waals surface area contributed by atoms with Crippen molar-refractivity contribution in [1.82, 2.24) is 9.80 Å². The van der Waals surface area contributed by atoms with E-state index >= 15 is 0 Å². The molecule has 0 aliphatic carbocycles. The predicted molar refractivity (Wildman–Crippen MR) is 85.1 cm³/mol. The van der Waals surface area contributed by atoms with E-state index in [9.17, 15) is 9.59 Å². The lowest BCUT2D eigenvalue weighted by molar-refractivity contribution is -0.143. The molecule has 1 spiro atoms. The maximum Gasteiger partial charge on any atom is 0.410 e. The van der Waals surface area contributed by atoms with Crippen LogP contribution >= 0.6 is 0 Å². The van der Waals surface area contributed by atoms with Gasteiger partial charge in [-0.1, -0.05) is 0 Å². The number of likely N-dealkylation sites (tertiary alicyclic amines) is 2. The molecule has 0 unspecified atom stereocenters. The number of amides is 2. The number of piperidine rings is 2. The van der Waals surface area contributed by atoms with Gasteiger partial charge in [-0.05, 0) is 50.4 Å². The number of ether oxygens (including phenoxy) is 2. The molecule has 6 heteroatoms. The topological polar surface area (TPSA) is 59.1 Å². The van der Waals surface area contributed by atoms with Crippen molar-refractivity contribution in [2.24, 2.45) is 5.41 Å². The van der Waals surface area contributed by atoms with Crippen LogP contribution in [0.25, 0.3) is 0 Å². The van der Waals surface area contributed by atoms with Crippen molar-refractivity contribution in [2.75, 3.05) is 40.0 Å². The molecule has 3 heterocycles. The normalized spacial score (nSPS) is 27.8. The lowest BCUT2D eigenvalue weighted by Gasteiger charge is -2.46. The van der Waals surface area contributed by atoms with Gasteiger partial charge in [0.1, 0.15) is 6.04 Å². The van der Waals surface area contributed by atoms with Crippen molar-refractivity contribution < 1.29 is 19.1 Å². The van der Waals surface area contributed by atoms with E-state index < -0.39 is 0 Å². The molecular formula is C17H28N2O4. The van der Waals surface area contributed by atoms with E-state index in [2.05, 4.69) is 0 Å². The van der Waals surface area contributed by atoms with Gasteiger partial charge in [-0.3, -0.25) is 9.69 Å². The molecule has 0 N–H and O–H groups in total. The Morgan fingerprint density at radius 3 is 2.61 bits per heavy atom. The Kier molecular flexibility index (Phi) is 5.09. The third-order valence-electron chi connectivity index (χ3n) is 5.72. The molecule has 3 rings (SSSR count). The minimum absolute atomic E-state index is 0.112. The van der Waals surface area contributed by atoms with E-state index in [1.165, 1.54) is 13.5 Å². The van der Waals surface area contributed by atoms with Gasteiger partial charge in [0.2, 0.25) is 5.91 Å². The first-order valence-electron chi connectivity index (χ1n) is 8.86. The Labute approximate surface area is 138 Å². The first-order valence-corrected chi connectivity index (χ1v) is 8.86. The monoisotopic (exact) mass is 324 g/mol. The fraction of sp³-hybridized carbons (Fsp3) is 0.882. The molecule has 3 saturated heterocycles. The highest BCUT2D eigenvalue weighted by Gasteiger charge is 2.42. The molecule has 0 aromatic carbocycles. The van der Waals surface area contributed by atoms with E-state index in [0.29, 0.717) is 6.54 Å². The van der Waals surface area contributed by atoms with E-state index in [0.717, 1.165) is 64.8 Å². The summed E-state index contributed by atoms with van der Waals surface area (Å²) in [4.78, 5) is 28.7. The Morgan fingerprint density at radius 1 is 1.09 bits per heavy atom. The molecule has 0 aromatic heterocycles. The summed E-state index contributed by atoms with van der Waals surface area (Å²) in [6.07, 6.45) is 6.64. The van der Waals surface area contributed by atoms with Gasteiger partial charge in [0, 0.05) is 32.8 Å². The first kappa shape index (κ1) is 16.6. The summed E-state index contributed by atoms with van der Waals surface area (Å²) in [5.41, 5.74) is 0.233. The highest BCUT2D eigenvalue weighted by molar-refractivity contribution is 5.86. The second-order valence-electron chi connectivity index (χ2n) is 7.15. The van der Waals surface area contributed by atoms with Crippen LogP contribution in [-0.2, 0) is 14.3 Å². The number of carbonyl (C=O) groups is 2. The molecule has 0 bridgehead atoms. The Morgan fingerprint density at radius 2 is 1.87 bits per heavy atom. The molecule has 130 valence electrons. The van der Waals surface area contributed by atoms with Crippen molar-refractivity contribution in [2.45, 2.75) is 51.0 Å². The maximum absolute atomic E-state index is 13.1. The van der Waals surface area contributed by atoms with Gasteiger partial charge in [0.25, 0.3) is 0 Å². The number of nitrogens with zero attached hydrogens (tertiary/aromatic N) is 2. The minimum Gasteiger partial charge on any atom is -0.453 e. The minimum atomic E-state index is -0.374. The quantitative estimate of drug-likeness (QED) is 0.740. The number of rotatable bonds is 1. The van der Waals surface area contributed by atoms with E-state index in [1.54, 1.807) is 4.90 Å². The molecule has 0 aromatic rings. The van der Waals surface area contributed by atoms with E-state index in [-0.39, 0.29) is 23.5 Å². The lowest BCUT2D eigenvalue weighted by Crippen LogP contribution is -2.56. The molecule has 6 nitrogen and oxygen atoms in total. The van der Waals surface area contributed by atoms with Crippen molar-refractivity contribution in [3.63, 3.8) is 0 Å². The van der Waals surface area contributed by atoms with Gasteiger partial charge in [-0.15, -0.1) is 0 Å². The van der Waals surface area contributed by atoms with Crippen LogP contribution in [0.5, 0.6) is 0 Å². The highest BCUT2D eigenvalue weighted by Crippen LogP contribution is 2.39. The van der Waals surface area contributed by atoms with Crippen LogP contribution in [0.1, 0.15) is 44.9 Å². The molecular weight excluding hydrogens is 296 g/mol. The zero-order chi connectivity index (χ0) is 16.3. The van der Waals surface area contributed by atoms with Crippen LogP contribution in [0.4, 0.5) is 4.79 Å². The number of carbonyl (C=O) groups excluding carboxylic acids is 2. The molecule has 0 radical (unpaired) electrons. The molecule has 0 saturated carbocycles. The fourth-order valence-electron chi connectivity index (χ4n) is 4.34. The van der Waals surface area contributed by atoms with Gasteiger partial charge in [0.05, 0.1) is 7.11 Å². The van der Waals surface area contributed by atoms with Crippen molar-refractivity contribution in [3.8, 4) is 0 Å². The van der Waals surface area contributed by atoms with Crippen molar-refractivity contribution in [3.05, 3.63) is 0 Å². The fourth-order valence-corrected chi connectivity index (χ4v) is 4.34. The third kappa shape index (κ3) is 3.47. The summed E-state index contributed by atoms with van der Waals surface area (Å²) < 4.78 is 10.4. The number of methoxy groups -OCH3 is 1. The first-order chi connectivity index (χ1) is 11.2. The SMILES string of the molecule is COC(=O)N1CCCC[C@@H]1C(=O)N1CCCC2(CCOCC2)C1. The largest absolute Gasteiger partial charge is 0.453 e. The average Bonchev–Trinajstić information content (AvgIpc) is 2.61. The van der Waals surface area contributed by atoms with Crippen molar-refractivity contribution in [1.29, 1.82) is 0 Å². The third-order valence-corrected chi connectivity index (χ3v) is 5.72. The van der Waals surface area contributed by atoms with Gasteiger partial charge in [0.15, 0.2) is 0 Å². The van der Waals surface area contributed by atoms with Gasteiger partial charge in [-0.25, -0.2) is 4.79 Å².